The highest BCUT2D eigenvalue weighted by Gasteiger charge is 2.29. The zero-order valence-electron chi connectivity index (χ0n) is 14.2. The molecule has 1 saturated heterocycles. The van der Waals surface area contributed by atoms with Crippen LogP contribution in [-0.2, 0) is 0 Å². The molecule has 8 heteroatoms. The summed E-state index contributed by atoms with van der Waals surface area (Å²) in [6.07, 6.45) is 5.25. The summed E-state index contributed by atoms with van der Waals surface area (Å²) in [6, 6.07) is 3.43. The lowest BCUT2D eigenvalue weighted by Crippen LogP contribution is -2.42. The smallest absolute Gasteiger partial charge is 0.154 e. The van der Waals surface area contributed by atoms with Gasteiger partial charge in [0.25, 0.3) is 0 Å². The van der Waals surface area contributed by atoms with Gasteiger partial charge in [-0.1, -0.05) is 18.5 Å². The molecule has 3 heterocycles. The monoisotopic (exact) mass is 359 g/mol. The zero-order chi connectivity index (χ0) is 18.0. The molecule has 5 N–H and O–H groups in total. The van der Waals surface area contributed by atoms with Gasteiger partial charge in [0.15, 0.2) is 5.82 Å². The molecule has 2 aromatic heterocycles. The number of hydrogen-bond donors (Lipinski definition) is 3. The summed E-state index contributed by atoms with van der Waals surface area (Å²) < 4.78 is 0. The van der Waals surface area contributed by atoms with Crippen molar-refractivity contribution in [2.24, 2.45) is 11.1 Å². The summed E-state index contributed by atoms with van der Waals surface area (Å²) in [5.74, 6) is 0.944. The number of rotatable bonds is 4. The van der Waals surface area contributed by atoms with E-state index in [1.165, 1.54) is 0 Å². The van der Waals surface area contributed by atoms with Crippen LogP contribution in [0, 0.1) is 10.8 Å². The number of piperidine rings is 1. The molecule has 0 radical (unpaired) electrons. The maximum Gasteiger partial charge on any atom is 0.154 e. The van der Waals surface area contributed by atoms with Gasteiger partial charge in [-0.15, -0.1) is 0 Å². The molecule has 132 valence electrons. The third kappa shape index (κ3) is 3.57. The highest BCUT2D eigenvalue weighted by Crippen LogP contribution is 2.31. The number of halogens is 1. The summed E-state index contributed by atoms with van der Waals surface area (Å²) in [7, 11) is 0. The van der Waals surface area contributed by atoms with Crippen LogP contribution in [0.5, 0.6) is 0 Å². The fraction of sp³-hybridized carbons (Fsp3) is 0.412. The number of nitrogen functional groups attached to an aromatic ring is 1. The van der Waals surface area contributed by atoms with Crippen molar-refractivity contribution in [2.45, 2.75) is 19.8 Å². The molecule has 0 atom stereocenters. The van der Waals surface area contributed by atoms with Crippen molar-refractivity contribution in [3.63, 3.8) is 0 Å². The fourth-order valence-corrected chi connectivity index (χ4v) is 3.13. The van der Waals surface area contributed by atoms with Gasteiger partial charge in [0.1, 0.15) is 16.7 Å². The second-order valence-corrected chi connectivity index (χ2v) is 7.04. The maximum absolute atomic E-state index is 8.31. The van der Waals surface area contributed by atoms with E-state index in [1.807, 2.05) is 0 Å². The van der Waals surface area contributed by atoms with E-state index in [0.29, 0.717) is 17.8 Å². The molecule has 25 heavy (non-hydrogen) atoms. The predicted molar refractivity (Wildman–Crippen MR) is 100 cm³/mol. The highest BCUT2D eigenvalue weighted by atomic mass is 35.5. The number of aromatic nitrogens is 3. The minimum atomic E-state index is 0.115. The Hall–Kier alpha value is -2.25. The first kappa shape index (κ1) is 17.6. The molecular weight excluding hydrogens is 338 g/mol. The van der Waals surface area contributed by atoms with E-state index in [1.54, 1.807) is 24.5 Å². The molecule has 0 bridgehead atoms. The van der Waals surface area contributed by atoms with Crippen LogP contribution in [0.25, 0.3) is 0 Å². The zero-order valence-corrected chi connectivity index (χ0v) is 14.9. The number of nitrogens with two attached hydrogens (primary N) is 2. The molecule has 0 aromatic carbocycles. The standard InChI is InChI=1S/C17H22ClN7/c1-17(10-19)4-7-25(8-5-17)12-9-23-14(16(21)24-12)13(20)11-3-2-6-22-15(11)18/h2-3,6,9,20H,4-5,7-8,10,19H2,1H3,(H2,21,24). The van der Waals surface area contributed by atoms with Gasteiger partial charge in [0, 0.05) is 24.8 Å². The minimum Gasteiger partial charge on any atom is -0.382 e. The van der Waals surface area contributed by atoms with Crippen molar-refractivity contribution in [3.8, 4) is 0 Å². The number of hydrogen-bond acceptors (Lipinski definition) is 7. The molecule has 1 aliphatic rings. The summed E-state index contributed by atoms with van der Waals surface area (Å²) in [6.45, 7) is 4.64. The summed E-state index contributed by atoms with van der Waals surface area (Å²) >= 11 is 6.06. The molecule has 3 rings (SSSR count). The van der Waals surface area contributed by atoms with Crippen molar-refractivity contribution in [1.82, 2.24) is 15.0 Å². The van der Waals surface area contributed by atoms with Gasteiger partial charge in [-0.25, -0.2) is 15.0 Å². The fourth-order valence-electron chi connectivity index (χ4n) is 2.92. The van der Waals surface area contributed by atoms with Gasteiger partial charge in [-0.05, 0) is 36.9 Å². The minimum absolute atomic E-state index is 0.115. The van der Waals surface area contributed by atoms with Gasteiger partial charge in [-0.2, -0.15) is 0 Å². The van der Waals surface area contributed by atoms with Crippen molar-refractivity contribution >= 4 is 28.9 Å². The lowest BCUT2D eigenvalue weighted by atomic mass is 9.80. The molecule has 0 spiro atoms. The van der Waals surface area contributed by atoms with Crippen LogP contribution >= 0.6 is 11.6 Å². The van der Waals surface area contributed by atoms with Crippen LogP contribution < -0.4 is 16.4 Å². The maximum atomic E-state index is 8.31. The van der Waals surface area contributed by atoms with E-state index in [9.17, 15) is 0 Å². The predicted octanol–water partition coefficient (Wildman–Crippen LogP) is 2.09. The third-order valence-electron chi connectivity index (χ3n) is 4.84. The van der Waals surface area contributed by atoms with E-state index < -0.39 is 0 Å². The molecular formula is C17H22ClN7. The van der Waals surface area contributed by atoms with Crippen LogP contribution in [0.4, 0.5) is 11.6 Å². The van der Waals surface area contributed by atoms with E-state index >= 15 is 0 Å². The van der Waals surface area contributed by atoms with Crippen molar-refractivity contribution in [2.75, 3.05) is 30.3 Å². The van der Waals surface area contributed by atoms with Crippen LogP contribution in [0.2, 0.25) is 5.15 Å². The first-order chi connectivity index (χ1) is 11.9. The summed E-state index contributed by atoms with van der Waals surface area (Å²) in [5.41, 5.74) is 13.0. The van der Waals surface area contributed by atoms with Gasteiger partial charge >= 0.3 is 0 Å². The average Bonchev–Trinajstić information content (AvgIpc) is 2.62. The first-order valence-corrected chi connectivity index (χ1v) is 8.59. The SMILES string of the molecule is CC1(CN)CCN(c2cnc(C(=N)c3cccnc3Cl)c(N)n2)CC1. The average molecular weight is 360 g/mol. The lowest BCUT2D eigenvalue weighted by molar-refractivity contribution is 0.258. The van der Waals surface area contributed by atoms with E-state index in [0.717, 1.165) is 31.7 Å². The van der Waals surface area contributed by atoms with Gasteiger partial charge < -0.3 is 16.4 Å². The van der Waals surface area contributed by atoms with Gasteiger partial charge in [-0.3, -0.25) is 5.41 Å². The molecule has 1 aliphatic heterocycles. The van der Waals surface area contributed by atoms with Crippen LogP contribution in [0.3, 0.4) is 0 Å². The molecule has 0 amide bonds. The Morgan fingerprint density at radius 1 is 1.36 bits per heavy atom. The number of anilines is 2. The normalized spacial score (nSPS) is 16.7. The molecule has 2 aromatic rings. The van der Waals surface area contributed by atoms with E-state index in [-0.39, 0.29) is 22.1 Å². The quantitative estimate of drug-likeness (QED) is 0.568. The van der Waals surface area contributed by atoms with E-state index in [4.69, 9.17) is 28.5 Å². The lowest BCUT2D eigenvalue weighted by Gasteiger charge is -2.39. The third-order valence-corrected chi connectivity index (χ3v) is 5.14. The van der Waals surface area contributed by atoms with Crippen molar-refractivity contribution < 1.29 is 0 Å². The molecule has 1 fully saturated rings. The molecule has 7 nitrogen and oxygen atoms in total. The van der Waals surface area contributed by atoms with Crippen molar-refractivity contribution in [1.29, 1.82) is 5.41 Å². The second kappa shape index (κ2) is 6.93. The highest BCUT2D eigenvalue weighted by molar-refractivity contribution is 6.34. The number of nitrogens with one attached hydrogen (secondary N) is 1. The van der Waals surface area contributed by atoms with Gasteiger partial charge in [0.2, 0.25) is 0 Å². The first-order valence-electron chi connectivity index (χ1n) is 8.21. The largest absolute Gasteiger partial charge is 0.382 e. The van der Waals surface area contributed by atoms with Crippen LogP contribution in [0.15, 0.2) is 24.5 Å². The second-order valence-electron chi connectivity index (χ2n) is 6.68. The Bertz CT molecular complexity index is 784. The Morgan fingerprint density at radius 2 is 2.08 bits per heavy atom. The van der Waals surface area contributed by atoms with Crippen molar-refractivity contribution in [3.05, 3.63) is 40.9 Å². The Labute approximate surface area is 151 Å². The molecule has 0 aliphatic carbocycles. The Balaban J connectivity index is 1.80. The van der Waals surface area contributed by atoms with Gasteiger partial charge in [0.05, 0.1) is 11.9 Å². The Kier molecular flexibility index (Phi) is 4.87. The molecule has 0 unspecified atom stereocenters. The van der Waals surface area contributed by atoms with E-state index in [2.05, 4.69) is 26.8 Å². The topological polar surface area (TPSA) is 118 Å². The molecule has 0 saturated carbocycles. The van der Waals surface area contributed by atoms with Crippen LogP contribution in [0.1, 0.15) is 31.0 Å². The number of nitrogens with zero attached hydrogens (tertiary/aromatic N) is 4. The number of pyridine rings is 1. The Morgan fingerprint density at radius 3 is 2.68 bits per heavy atom. The summed E-state index contributed by atoms with van der Waals surface area (Å²) in [5, 5.41) is 8.56. The van der Waals surface area contributed by atoms with Crippen LogP contribution in [-0.4, -0.2) is 40.3 Å². The summed E-state index contributed by atoms with van der Waals surface area (Å²) in [4.78, 5) is 15.0.